The second-order valence-electron chi connectivity index (χ2n) is 5.91. The van der Waals surface area contributed by atoms with Gasteiger partial charge < -0.3 is 11.2 Å². The average molecular weight is 365 g/mol. The van der Waals surface area contributed by atoms with E-state index in [-0.39, 0.29) is 29.1 Å². The molecule has 1 atom stereocenters. The maximum absolute atomic E-state index is 13.8. The molecule has 3 N–H and O–H groups in total. The van der Waals surface area contributed by atoms with Crippen LogP contribution in [0.1, 0.15) is 39.5 Å². The van der Waals surface area contributed by atoms with Gasteiger partial charge in [0, 0.05) is 6.04 Å². The van der Waals surface area contributed by atoms with Gasteiger partial charge in [0.15, 0.2) is 5.82 Å². The van der Waals surface area contributed by atoms with E-state index in [2.05, 4.69) is 22.4 Å². The van der Waals surface area contributed by atoms with Crippen LogP contribution >= 0.6 is 11.8 Å². The summed E-state index contributed by atoms with van der Waals surface area (Å²) in [5.41, 5.74) is 0.276. The Balaban J connectivity index is 1.90. The van der Waals surface area contributed by atoms with Crippen molar-refractivity contribution in [2.45, 2.75) is 50.7 Å². The highest BCUT2D eigenvalue weighted by atomic mass is 32.2. The molecule has 8 heteroatoms. The Hall–Kier alpha value is -2.09. The van der Waals surface area contributed by atoms with Crippen molar-refractivity contribution in [1.82, 2.24) is 20.2 Å². The van der Waals surface area contributed by atoms with Crippen LogP contribution in [0.4, 0.5) is 4.39 Å². The van der Waals surface area contributed by atoms with Crippen LogP contribution in [0.15, 0.2) is 29.4 Å². The van der Waals surface area contributed by atoms with Crippen molar-refractivity contribution in [2.24, 2.45) is 0 Å². The first-order valence-corrected chi connectivity index (χ1v) is 9.39. The van der Waals surface area contributed by atoms with Crippen molar-refractivity contribution in [1.29, 1.82) is 0 Å². The Labute approximate surface area is 151 Å². The summed E-state index contributed by atoms with van der Waals surface area (Å²) in [6.07, 6.45) is 4.40. The van der Waals surface area contributed by atoms with E-state index in [4.69, 9.17) is 5.84 Å². The van der Waals surface area contributed by atoms with Crippen molar-refractivity contribution in [2.75, 3.05) is 11.6 Å². The van der Waals surface area contributed by atoms with Gasteiger partial charge in [-0.3, -0.25) is 4.79 Å². The molecule has 1 aromatic carbocycles. The van der Waals surface area contributed by atoms with Crippen LogP contribution in [0.3, 0.4) is 0 Å². The van der Waals surface area contributed by atoms with E-state index in [1.807, 2.05) is 6.92 Å². The fourth-order valence-corrected chi connectivity index (χ4v) is 3.09. The SMILES string of the molecule is CCCCC[C@H](C)NC(=O)CSc1nnc(-c2ccccc2F)n1N. The van der Waals surface area contributed by atoms with Crippen LogP contribution in [0.25, 0.3) is 11.4 Å². The predicted molar refractivity (Wildman–Crippen MR) is 98.0 cm³/mol. The largest absolute Gasteiger partial charge is 0.353 e. The van der Waals surface area contributed by atoms with Crippen molar-refractivity contribution in [3.8, 4) is 11.4 Å². The lowest BCUT2D eigenvalue weighted by molar-refractivity contribution is -0.119. The summed E-state index contributed by atoms with van der Waals surface area (Å²) < 4.78 is 15.1. The van der Waals surface area contributed by atoms with Gasteiger partial charge in [0.05, 0.1) is 11.3 Å². The molecule has 2 rings (SSSR count). The zero-order valence-corrected chi connectivity index (χ0v) is 15.4. The predicted octanol–water partition coefficient (Wildman–Crippen LogP) is 2.98. The molecule has 1 aromatic heterocycles. The summed E-state index contributed by atoms with van der Waals surface area (Å²) in [6.45, 7) is 4.15. The third-order valence-corrected chi connectivity index (χ3v) is 4.70. The summed E-state index contributed by atoms with van der Waals surface area (Å²) in [5, 5.41) is 11.2. The number of rotatable bonds is 9. The van der Waals surface area contributed by atoms with Crippen molar-refractivity contribution in [3.05, 3.63) is 30.1 Å². The number of halogens is 1. The highest BCUT2D eigenvalue weighted by Crippen LogP contribution is 2.23. The molecule has 0 spiro atoms. The Morgan fingerprint density at radius 1 is 1.36 bits per heavy atom. The van der Waals surface area contributed by atoms with Crippen LogP contribution in [0, 0.1) is 5.82 Å². The molecule has 6 nitrogen and oxygen atoms in total. The van der Waals surface area contributed by atoms with Crippen molar-refractivity contribution < 1.29 is 9.18 Å². The number of unbranched alkanes of at least 4 members (excludes halogenated alkanes) is 2. The number of carbonyl (C=O) groups excluding carboxylic acids is 1. The third kappa shape index (κ3) is 5.45. The molecule has 0 saturated carbocycles. The van der Waals surface area contributed by atoms with Crippen LogP contribution < -0.4 is 11.2 Å². The highest BCUT2D eigenvalue weighted by Gasteiger charge is 2.16. The van der Waals surface area contributed by atoms with Gasteiger partial charge in [0.2, 0.25) is 11.1 Å². The number of hydrogen-bond donors (Lipinski definition) is 2. The fraction of sp³-hybridized carbons (Fsp3) is 0.471. The summed E-state index contributed by atoms with van der Waals surface area (Å²) in [6, 6.07) is 6.36. The molecule has 136 valence electrons. The number of nitrogen functional groups attached to an aromatic ring is 1. The summed E-state index contributed by atoms with van der Waals surface area (Å²) >= 11 is 1.18. The number of hydrogen-bond acceptors (Lipinski definition) is 5. The minimum atomic E-state index is -0.420. The van der Waals surface area contributed by atoms with Gasteiger partial charge in [-0.15, -0.1) is 10.2 Å². The van der Waals surface area contributed by atoms with E-state index in [1.54, 1.807) is 18.2 Å². The van der Waals surface area contributed by atoms with Gasteiger partial charge in [0.25, 0.3) is 0 Å². The molecule has 25 heavy (non-hydrogen) atoms. The van der Waals surface area contributed by atoms with Gasteiger partial charge in [-0.05, 0) is 25.5 Å². The number of carbonyl (C=O) groups is 1. The fourth-order valence-electron chi connectivity index (χ4n) is 2.42. The number of nitrogens with two attached hydrogens (primary N) is 1. The third-order valence-electron chi connectivity index (χ3n) is 3.76. The number of nitrogens with zero attached hydrogens (tertiary/aromatic N) is 3. The molecule has 0 bridgehead atoms. The van der Waals surface area contributed by atoms with Gasteiger partial charge in [-0.1, -0.05) is 50.1 Å². The lowest BCUT2D eigenvalue weighted by Crippen LogP contribution is -2.33. The number of benzene rings is 1. The van der Waals surface area contributed by atoms with Crippen LogP contribution in [0.5, 0.6) is 0 Å². The molecule has 2 aromatic rings. The topological polar surface area (TPSA) is 85.8 Å². The Morgan fingerprint density at radius 3 is 2.84 bits per heavy atom. The molecule has 0 fully saturated rings. The zero-order chi connectivity index (χ0) is 18.2. The quantitative estimate of drug-likeness (QED) is 0.405. The molecule has 1 amide bonds. The summed E-state index contributed by atoms with van der Waals surface area (Å²) in [4.78, 5) is 12.0. The van der Waals surface area contributed by atoms with E-state index >= 15 is 0 Å². The Bertz CT molecular complexity index is 706. The number of amides is 1. The monoisotopic (exact) mass is 365 g/mol. The first kappa shape index (κ1) is 19.2. The van der Waals surface area contributed by atoms with E-state index in [0.29, 0.717) is 5.16 Å². The second kappa shape index (κ2) is 9.41. The molecule has 0 saturated heterocycles. The van der Waals surface area contributed by atoms with Gasteiger partial charge in [0.1, 0.15) is 5.82 Å². The van der Waals surface area contributed by atoms with Crippen molar-refractivity contribution >= 4 is 17.7 Å². The van der Waals surface area contributed by atoms with E-state index in [9.17, 15) is 9.18 Å². The standard InChI is InChI=1S/C17H24FN5OS/c1-3-4-5-8-12(2)20-15(24)11-25-17-22-21-16(23(17)19)13-9-6-7-10-14(13)18/h6-7,9-10,12H,3-5,8,11,19H2,1-2H3,(H,20,24)/t12-/m0/s1. The van der Waals surface area contributed by atoms with Gasteiger partial charge >= 0.3 is 0 Å². The van der Waals surface area contributed by atoms with Gasteiger partial charge in [-0.2, -0.15) is 0 Å². The molecule has 1 heterocycles. The smallest absolute Gasteiger partial charge is 0.230 e. The van der Waals surface area contributed by atoms with E-state index in [1.165, 1.54) is 28.9 Å². The van der Waals surface area contributed by atoms with Crippen molar-refractivity contribution in [3.63, 3.8) is 0 Å². The molecular weight excluding hydrogens is 341 g/mol. The minimum Gasteiger partial charge on any atom is -0.353 e. The zero-order valence-electron chi connectivity index (χ0n) is 14.5. The number of thioether (sulfide) groups is 1. The molecule has 0 aliphatic heterocycles. The van der Waals surface area contributed by atoms with E-state index in [0.717, 1.165) is 19.3 Å². The highest BCUT2D eigenvalue weighted by molar-refractivity contribution is 7.99. The molecule has 0 radical (unpaired) electrons. The lowest BCUT2D eigenvalue weighted by atomic mass is 10.1. The van der Waals surface area contributed by atoms with Gasteiger partial charge in [-0.25, -0.2) is 9.07 Å². The normalized spacial score (nSPS) is 12.1. The van der Waals surface area contributed by atoms with Crippen LogP contribution in [-0.4, -0.2) is 32.6 Å². The average Bonchev–Trinajstić information content (AvgIpc) is 2.94. The summed E-state index contributed by atoms with van der Waals surface area (Å²) in [7, 11) is 0. The minimum absolute atomic E-state index is 0.0792. The number of aromatic nitrogens is 3. The van der Waals surface area contributed by atoms with Crippen LogP contribution in [0.2, 0.25) is 0 Å². The molecular formula is C17H24FN5OS. The molecule has 0 aliphatic carbocycles. The lowest BCUT2D eigenvalue weighted by Gasteiger charge is -2.13. The Morgan fingerprint density at radius 2 is 2.12 bits per heavy atom. The first-order chi connectivity index (χ1) is 12.0. The Kier molecular flexibility index (Phi) is 7.24. The number of nitrogens with one attached hydrogen (secondary N) is 1. The maximum atomic E-state index is 13.8. The molecule has 0 unspecified atom stereocenters. The summed E-state index contributed by atoms with van der Waals surface area (Å²) in [5.74, 6) is 5.86. The first-order valence-electron chi connectivity index (χ1n) is 8.40. The maximum Gasteiger partial charge on any atom is 0.230 e. The second-order valence-corrected chi connectivity index (χ2v) is 6.85. The van der Waals surface area contributed by atoms with Crippen LogP contribution in [-0.2, 0) is 4.79 Å². The molecule has 0 aliphatic rings. The van der Waals surface area contributed by atoms with E-state index < -0.39 is 5.82 Å².